The highest BCUT2D eigenvalue weighted by atomic mass is 16.5. The summed E-state index contributed by atoms with van der Waals surface area (Å²) in [5, 5.41) is 12.1. The Morgan fingerprint density at radius 3 is 2.89 bits per heavy atom. The first-order valence-corrected chi connectivity index (χ1v) is 5.97. The Balaban J connectivity index is 2.10. The summed E-state index contributed by atoms with van der Waals surface area (Å²) in [6.07, 6.45) is 1.37. The van der Waals surface area contributed by atoms with Crippen molar-refractivity contribution in [3.63, 3.8) is 0 Å². The number of nitrogens with one attached hydrogen (secondary N) is 1. The largest absolute Gasteiger partial charge is 0.492 e. The van der Waals surface area contributed by atoms with Gasteiger partial charge in [0.25, 0.3) is 0 Å². The zero-order valence-corrected chi connectivity index (χ0v) is 10.6. The Morgan fingerprint density at radius 2 is 2.16 bits per heavy atom. The van der Waals surface area contributed by atoms with Crippen LogP contribution in [0.15, 0.2) is 41.0 Å². The second-order valence-electron chi connectivity index (χ2n) is 3.85. The summed E-state index contributed by atoms with van der Waals surface area (Å²) >= 11 is 0. The molecule has 2 aromatic rings. The van der Waals surface area contributed by atoms with Crippen LogP contribution in [0.3, 0.4) is 0 Å². The number of benzene rings is 1. The summed E-state index contributed by atoms with van der Waals surface area (Å²) in [6, 6.07) is 8.92. The number of furan rings is 1. The molecule has 1 aromatic heterocycles. The fourth-order valence-electron chi connectivity index (χ4n) is 1.74. The van der Waals surface area contributed by atoms with Crippen molar-refractivity contribution >= 4 is 11.7 Å². The number of aromatic carboxylic acids is 1. The Kier molecular flexibility index (Phi) is 4.07. The van der Waals surface area contributed by atoms with E-state index >= 15 is 0 Å². The molecular formula is C14H15NO4. The molecule has 0 atom stereocenters. The van der Waals surface area contributed by atoms with Crippen molar-refractivity contribution in [2.45, 2.75) is 13.5 Å². The first kappa shape index (κ1) is 13.0. The lowest BCUT2D eigenvalue weighted by Crippen LogP contribution is -2.06. The minimum Gasteiger partial charge on any atom is -0.492 e. The lowest BCUT2D eigenvalue weighted by Gasteiger charge is -2.11. The smallest absolute Gasteiger partial charge is 0.339 e. The molecule has 0 fully saturated rings. The molecule has 0 unspecified atom stereocenters. The second kappa shape index (κ2) is 5.95. The number of anilines is 1. The van der Waals surface area contributed by atoms with E-state index in [0.717, 1.165) is 11.4 Å². The molecule has 0 spiro atoms. The topological polar surface area (TPSA) is 71.7 Å². The van der Waals surface area contributed by atoms with Gasteiger partial charge in [-0.05, 0) is 25.1 Å². The summed E-state index contributed by atoms with van der Waals surface area (Å²) in [4.78, 5) is 11.0. The van der Waals surface area contributed by atoms with Gasteiger partial charge >= 0.3 is 5.97 Å². The molecule has 2 N–H and O–H groups in total. The molecule has 5 nitrogen and oxygen atoms in total. The summed E-state index contributed by atoms with van der Waals surface area (Å²) in [5.74, 6) is 0.121. The quantitative estimate of drug-likeness (QED) is 0.836. The van der Waals surface area contributed by atoms with Gasteiger partial charge in [0, 0.05) is 0 Å². The number of hydrogen-bond acceptors (Lipinski definition) is 4. The zero-order valence-electron chi connectivity index (χ0n) is 10.6. The number of para-hydroxylation sites is 2. The van der Waals surface area contributed by atoms with Gasteiger partial charge in [0.2, 0.25) is 0 Å². The van der Waals surface area contributed by atoms with E-state index in [1.54, 1.807) is 0 Å². The molecule has 0 saturated heterocycles. The molecule has 0 radical (unpaired) electrons. The summed E-state index contributed by atoms with van der Waals surface area (Å²) in [5.41, 5.74) is 0.971. The van der Waals surface area contributed by atoms with Crippen LogP contribution in [-0.2, 0) is 6.54 Å². The fraction of sp³-hybridized carbons (Fsp3) is 0.214. The van der Waals surface area contributed by atoms with Crippen LogP contribution in [0, 0.1) is 0 Å². The van der Waals surface area contributed by atoms with Crippen molar-refractivity contribution in [1.29, 1.82) is 0 Å². The average Bonchev–Trinajstić information content (AvgIpc) is 2.86. The standard InChI is InChI=1S/C14H15NO4/c1-2-18-12-6-4-3-5-11(12)15-9-13-10(14(16)17)7-8-19-13/h3-8,15H,2,9H2,1H3,(H,16,17). The Labute approximate surface area is 110 Å². The predicted octanol–water partition coefficient (Wildman–Crippen LogP) is 2.99. The normalized spacial score (nSPS) is 10.2. The van der Waals surface area contributed by atoms with Gasteiger partial charge in [-0.15, -0.1) is 0 Å². The molecule has 0 aliphatic carbocycles. The van der Waals surface area contributed by atoms with Crippen molar-refractivity contribution in [3.05, 3.63) is 47.9 Å². The fourth-order valence-corrected chi connectivity index (χ4v) is 1.74. The lowest BCUT2D eigenvalue weighted by molar-refractivity contribution is 0.0694. The van der Waals surface area contributed by atoms with Crippen LogP contribution >= 0.6 is 0 Å². The predicted molar refractivity (Wildman–Crippen MR) is 70.6 cm³/mol. The van der Waals surface area contributed by atoms with E-state index in [9.17, 15) is 4.79 Å². The maximum Gasteiger partial charge on any atom is 0.339 e. The molecule has 0 amide bonds. The molecule has 0 saturated carbocycles. The maximum absolute atomic E-state index is 11.0. The van der Waals surface area contributed by atoms with E-state index in [4.69, 9.17) is 14.3 Å². The highest BCUT2D eigenvalue weighted by Gasteiger charge is 2.13. The second-order valence-corrected chi connectivity index (χ2v) is 3.85. The minimum absolute atomic E-state index is 0.168. The average molecular weight is 261 g/mol. The first-order valence-electron chi connectivity index (χ1n) is 5.97. The molecule has 1 aromatic carbocycles. The molecule has 5 heteroatoms. The monoisotopic (exact) mass is 261 g/mol. The molecule has 0 aliphatic rings. The van der Waals surface area contributed by atoms with Gasteiger partial charge in [0.1, 0.15) is 17.1 Å². The zero-order chi connectivity index (χ0) is 13.7. The molecule has 100 valence electrons. The SMILES string of the molecule is CCOc1ccccc1NCc1occc1C(=O)O. The summed E-state index contributed by atoms with van der Waals surface area (Å²) < 4.78 is 10.6. The van der Waals surface area contributed by atoms with Gasteiger partial charge in [-0.2, -0.15) is 0 Å². The maximum atomic E-state index is 11.0. The third kappa shape index (κ3) is 3.07. The van der Waals surface area contributed by atoms with Gasteiger partial charge in [-0.3, -0.25) is 0 Å². The number of hydrogen-bond donors (Lipinski definition) is 2. The molecule has 1 heterocycles. The van der Waals surface area contributed by atoms with Gasteiger partial charge < -0.3 is 19.6 Å². The van der Waals surface area contributed by atoms with Gasteiger partial charge in [0.05, 0.1) is 25.1 Å². The first-order chi connectivity index (χ1) is 9.22. The van der Waals surface area contributed by atoms with Crippen LogP contribution < -0.4 is 10.1 Å². The van der Waals surface area contributed by atoms with Crippen molar-refractivity contribution in [2.24, 2.45) is 0 Å². The molecule has 0 bridgehead atoms. The highest BCUT2D eigenvalue weighted by Crippen LogP contribution is 2.24. The van der Waals surface area contributed by atoms with Crippen molar-refractivity contribution in [2.75, 3.05) is 11.9 Å². The minimum atomic E-state index is -0.997. The summed E-state index contributed by atoms with van der Waals surface area (Å²) in [6.45, 7) is 2.77. The van der Waals surface area contributed by atoms with Crippen molar-refractivity contribution in [1.82, 2.24) is 0 Å². The number of carboxylic acid groups (broad SMARTS) is 1. The van der Waals surface area contributed by atoms with Crippen LogP contribution in [0.5, 0.6) is 5.75 Å². The Bertz CT molecular complexity index is 562. The molecule has 19 heavy (non-hydrogen) atoms. The molecule has 2 rings (SSSR count). The van der Waals surface area contributed by atoms with Crippen LogP contribution in [0.1, 0.15) is 23.0 Å². The van der Waals surface area contributed by atoms with Crippen LogP contribution in [0.25, 0.3) is 0 Å². The number of carboxylic acids is 1. The van der Waals surface area contributed by atoms with E-state index < -0.39 is 5.97 Å². The van der Waals surface area contributed by atoms with Gasteiger partial charge in [-0.1, -0.05) is 12.1 Å². The van der Waals surface area contributed by atoms with Crippen molar-refractivity contribution in [3.8, 4) is 5.75 Å². The van der Waals surface area contributed by atoms with E-state index in [0.29, 0.717) is 18.9 Å². The summed E-state index contributed by atoms with van der Waals surface area (Å²) in [7, 11) is 0. The van der Waals surface area contributed by atoms with Crippen LogP contribution in [-0.4, -0.2) is 17.7 Å². The van der Waals surface area contributed by atoms with E-state index in [2.05, 4.69) is 5.32 Å². The molecule has 0 aliphatic heterocycles. The van der Waals surface area contributed by atoms with Crippen molar-refractivity contribution < 1.29 is 19.1 Å². The highest BCUT2D eigenvalue weighted by molar-refractivity contribution is 5.88. The number of carbonyl (C=O) groups is 1. The van der Waals surface area contributed by atoms with E-state index in [1.165, 1.54) is 12.3 Å². The third-order valence-electron chi connectivity index (χ3n) is 2.60. The van der Waals surface area contributed by atoms with Crippen LogP contribution in [0.4, 0.5) is 5.69 Å². The Hall–Kier alpha value is -2.43. The third-order valence-corrected chi connectivity index (χ3v) is 2.60. The van der Waals surface area contributed by atoms with Gasteiger partial charge in [0.15, 0.2) is 0 Å². The number of ether oxygens (including phenoxy) is 1. The number of rotatable bonds is 6. The van der Waals surface area contributed by atoms with Gasteiger partial charge in [-0.25, -0.2) is 4.79 Å². The molecular weight excluding hydrogens is 246 g/mol. The van der Waals surface area contributed by atoms with E-state index in [-0.39, 0.29) is 5.56 Å². The van der Waals surface area contributed by atoms with Crippen LogP contribution in [0.2, 0.25) is 0 Å². The van der Waals surface area contributed by atoms with E-state index in [1.807, 2.05) is 31.2 Å². The Morgan fingerprint density at radius 1 is 1.37 bits per heavy atom. The lowest BCUT2D eigenvalue weighted by atomic mass is 10.2.